The maximum atomic E-state index is 5.71. The fourth-order valence-electron chi connectivity index (χ4n) is 2.33. The van der Waals surface area contributed by atoms with E-state index in [4.69, 9.17) is 10.2 Å². The SMILES string of the molecule is CCCc1ccc(C(CCN)c2ccco2)cc1. The van der Waals surface area contributed by atoms with Crippen LogP contribution in [0.2, 0.25) is 0 Å². The van der Waals surface area contributed by atoms with Crippen molar-refractivity contribution in [1.82, 2.24) is 0 Å². The molecule has 0 fully saturated rings. The van der Waals surface area contributed by atoms with Crippen molar-refractivity contribution in [1.29, 1.82) is 0 Å². The second kappa shape index (κ2) is 6.41. The molecule has 0 saturated carbocycles. The van der Waals surface area contributed by atoms with Crippen LogP contribution in [0.5, 0.6) is 0 Å². The Morgan fingerprint density at radius 3 is 2.50 bits per heavy atom. The quantitative estimate of drug-likeness (QED) is 0.840. The highest BCUT2D eigenvalue weighted by Gasteiger charge is 2.15. The molecule has 0 spiro atoms. The third-order valence-electron chi connectivity index (χ3n) is 3.26. The van der Waals surface area contributed by atoms with Crippen LogP contribution in [0.1, 0.15) is 42.6 Å². The smallest absolute Gasteiger partial charge is 0.111 e. The number of hydrogen-bond donors (Lipinski definition) is 1. The Hall–Kier alpha value is -1.54. The summed E-state index contributed by atoms with van der Waals surface area (Å²) < 4.78 is 5.52. The summed E-state index contributed by atoms with van der Waals surface area (Å²) in [5.74, 6) is 1.28. The summed E-state index contributed by atoms with van der Waals surface area (Å²) in [4.78, 5) is 0. The van der Waals surface area contributed by atoms with Crippen LogP contribution in [0.15, 0.2) is 47.1 Å². The van der Waals surface area contributed by atoms with Gasteiger partial charge in [0, 0.05) is 5.92 Å². The fourth-order valence-corrected chi connectivity index (χ4v) is 2.33. The van der Waals surface area contributed by atoms with Crippen molar-refractivity contribution in [2.24, 2.45) is 5.73 Å². The second-order valence-corrected chi connectivity index (χ2v) is 4.64. The third kappa shape index (κ3) is 3.02. The van der Waals surface area contributed by atoms with Gasteiger partial charge in [-0.05, 0) is 42.6 Å². The Labute approximate surface area is 109 Å². The van der Waals surface area contributed by atoms with Gasteiger partial charge in [-0.2, -0.15) is 0 Å². The molecule has 0 bridgehead atoms. The van der Waals surface area contributed by atoms with Crippen LogP contribution < -0.4 is 5.73 Å². The summed E-state index contributed by atoms with van der Waals surface area (Å²) in [5.41, 5.74) is 8.39. The Balaban J connectivity index is 2.20. The molecule has 0 amide bonds. The molecule has 2 aromatic rings. The molecule has 96 valence electrons. The lowest BCUT2D eigenvalue weighted by Gasteiger charge is -2.14. The molecule has 1 aromatic carbocycles. The number of hydrogen-bond acceptors (Lipinski definition) is 2. The molecule has 1 unspecified atom stereocenters. The van der Waals surface area contributed by atoms with Crippen molar-refractivity contribution in [3.8, 4) is 0 Å². The summed E-state index contributed by atoms with van der Waals surface area (Å²) in [7, 11) is 0. The third-order valence-corrected chi connectivity index (χ3v) is 3.26. The molecule has 2 heteroatoms. The first kappa shape index (κ1) is 12.9. The Kier molecular flexibility index (Phi) is 4.59. The van der Waals surface area contributed by atoms with Gasteiger partial charge in [0.05, 0.1) is 6.26 Å². The molecular formula is C16H21NO. The van der Waals surface area contributed by atoms with E-state index in [9.17, 15) is 0 Å². The van der Waals surface area contributed by atoms with Crippen molar-refractivity contribution >= 4 is 0 Å². The van der Waals surface area contributed by atoms with E-state index in [1.165, 1.54) is 17.5 Å². The summed E-state index contributed by atoms with van der Waals surface area (Å²) >= 11 is 0. The number of furan rings is 1. The summed E-state index contributed by atoms with van der Waals surface area (Å²) in [6, 6.07) is 12.8. The first-order chi connectivity index (χ1) is 8.85. The lowest BCUT2D eigenvalue weighted by atomic mass is 9.92. The van der Waals surface area contributed by atoms with E-state index in [1.807, 2.05) is 12.1 Å². The van der Waals surface area contributed by atoms with Crippen LogP contribution in [0.4, 0.5) is 0 Å². The minimum Gasteiger partial charge on any atom is -0.469 e. The minimum absolute atomic E-state index is 0.278. The topological polar surface area (TPSA) is 39.2 Å². The van der Waals surface area contributed by atoms with Gasteiger partial charge in [-0.25, -0.2) is 0 Å². The van der Waals surface area contributed by atoms with Gasteiger partial charge in [0.15, 0.2) is 0 Å². The molecule has 0 saturated heterocycles. The van der Waals surface area contributed by atoms with Crippen LogP contribution >= 0.6 is 0 Å². The van der Waals surface area contributed by atoms with E-state index in [0.29, 0.717) is 6.54 Å². The van der Waals surface area contributed by atoms with Crippen molar-refractivity contribution < 1.29 is 4.42 Å². The van der Waals surface area contributed by atoms with Crippen molar-refractivity contribution in [2.45, 2.75) is 32.1 Å². The molecule has 2 nitrogen and oxygen atoms in total. The highest BCUT2D eigenvalue weighted by atomic mass is 16.3. The van der Waals surface area contributed by atoms with Gasteiger partial charge in [-0.3, -0.25) is 0 Å². The predicted molar refractivity (Wildman–Crippen MR) is 74.7 cm³/mol. The van der Waals surface area contributed by atoms with Crippen LogP contribution in [-0.4, -0.2) is 6.54 Å². The van der Waals surface area contributed by atoms with Gasteiger partial charge < -0.3 is 10.2 Å². The van der Waals surface area contributed by atoms with E-state index in [-0.39, 0.29) is 5.92 Å². The minimum atomic E-state index is 0.278. The second-order valence-electron chi connectivity index (χ2n) is 4.64. The zero-order valence-electron chi connectivity index (χ0n) is 10.9. The van der Waals surface area contributed by atoms with E-state index < -0.39 is 0 Å². The zero-order chi connectivity index (χ0) is 12.8. The zero-order valence-corrected chi connectivity index (χ0v) is 10.9. The monoisotopic (exact) mass is 243 g/mol. The van der Waals surface area contributed by atoms with E-state index in [1.54, 1.807) is 6.26 Å². The van der Waals surface area contributed by atoms with Gasteiger partial charge in [-0.1, -0.05) is 37.6 Å². The molecule has 1 heterocycles. The number of benzene rings is 1. The molecule has 2 N–H and O–H groups in total. The fraction of sp³-hybridized carbons (Fsp3) is 0.375. The molecular weight excluding hydrogens is 222 g/mol. The number of rotatable bonds is 6. The standard InChI is InChI=1S/C16H21NO/c1-2-4-13-6-8-14(9-7-13)15(10-11-17)16-5-3-12-18-16/h3,5-9,12,15H,2,4,10-11,17H2,1H3. The summed E-state index contributed by atoms with van der Waals surface area (Å²) in [5, 5.41) is 0. The van der Waals surface area contributed by atoms with Gasteiger partial charge in [0.2, 0.25) is 0 Å². The molecule has 18 heavy (non-hydrogen) atoms. The van der Waals surface area contributed by atoms with Gasteiger partial charge in [0.1, 0.15) is 5.76 Å². The normalized spacial score (nSPS) is 12.6. The average molecular weight is 243 g/mol. The van der Waals surface area contributed by atoms with E-state index >= 15 is 0 Å². The first-order valence-electron chi connectivity index (χ1n) is 6.67. The lowest BCUT2D eigenvalue weighted by Crippen LogP contribution is -2.08. The molecule has 0 aliphatic heterocycles. The van der Waals surface area contributed by atoms with Crippen molar-refractivity contribution in [2.75, 3.05) is 6.54 Å². The van der Waals surface area contributed by atoms with Crippen LogP contribution in [0, 0.1) is 0 Å². The van der Waals surface area contributed by atoms with Gasteiger partial charge >= 0.3 is 0 Å². The maximum absolute atomic E-state index is 5.71. The summed E-state index contributed by atoms with van der Waals surface area (Å²) in [6.07, 6.45) is 4.97. The highest BCUT2D eigenvalue weighted by molar-refractivity contribution is 5.30. The molecule has 1 aromatic heterocycles. The number of aryl methyl sites for hydroxylation is 1. The van der Waals surface area contributed by atoms with Gasteiger partial charge in [0.25, 0.3) is 0 Å². The molecule has 0 aliphatic rings. The Morgan fingerprint density at radius 1 is 1.17 bits per heavy atom. The average Bonchev–Trinajstić information content (AvgIpc) is 2.91. The van der Waals surface area contributed by atoms with E-state index in [0.717, 1.165) is 18.6 Å². The molecule has 2 rings (SSSR count). The highest BCUT2D eigenvalue weighted by Crippen LogP contribution is 2.28. The van der Waals surface area contributed by atoms with E-state index in [2.05, 4.69) is 31.2 Å². The van der Waals surface area contributed by atoms with Crippen molar-refractivity contribution in [3.05, 3.63) is 59.5 Å². The van der Waals surface area contributed by atoms with Crippen LogP contribution in [0.25, 0.3) is 0 Å². The van der Waals surface area contributed by atoms with Gasteiger partial charge in [-0.15, -0.1) is 0 Å². The Morgan fingerprint density at radius 2 is 1.94 bits per heavy atom. The lowest BCUT2D eigenvalue weighted by molar-refractivity contribution is 0.476. The molecule has 1 atom stereocenters. The van der Waals surface area contributed by atoms with Crippen LogP contribution in [0.3, 0.4) is 0 Å². The predicted octanol–water partition coefficient (Wildman–Crippen LogP) is 3.71. The molecule has 0 aliphatic carbocycles. The summed E-state index contributed by atoms with van der Waals surface area (Å²) in [6.45, 7) is 2.87. The largest absolute Gasteiger partial charge is 0.469 e. The first-order valence-corrected chi connectivity index (χ1v) is 6.67. The maximum Gasteiger partial charge on any atom is 0.111 e. The number of nitrogens with two attached hydrogens (primary N) is 1. The van der Waals surface area contributed by atoms with Crippen molar-refractivity contribution in [3.63, 3.8) is 0 Å². The Bertz CT molecular complexity index is 444. The van der Waals surface area contributed by atoms with Crippen LogP contribution in [-0.2, 0) is 6.42 Å². The molecule has 0 radical (unpaired) electrons.